The smallest absolute Gasteiger partial charge is 0.259 e. The van der Waals surface area contributed by atoms with Crippen molar-refractivity contribution in [1.82, 2.24) is 14.1 Å². The van der Waals surface area contributed by atoms with Crippen LogP contribution in [0.5, 0.6) is 0 Å². The maximum Gasteiger partial charge on any atom is 0.339 e. The molecule has 1 N–H and O–H groups in total. The quantitative estimate of drug-likeness (QED) is 0.205. The number of aromatic amines is 1. The van der Waals surface area contributed by atoms with Gasteiger partial charge in [-0.05, 0) is 38.5 Å². The van der Waals surface area contributed by atoms with Gasteiger partial charge in [0.05, 0.1) is 13.1 Å². The molecular weight excluding hydrogens is 438 g/mol. The van der Waals surface area contributed by atoms with Crippen molar-refractivity contribution in [3.05, 3.63) is 31.5 Å². The SMILES string of the molecule is O=C=NCCCCCC(N=C=O)n1c(=O)[nH]c(=O)n(C(CCCCCN=C=O)N=C=O)c1=O. The number of aromatic nitrogens is 3. The van der Waals surface area contributed by atoms with Crippen molar-refractivity contribution in [3.63, 3.8) is 0 Å². The van der Waals surface area contributed by atoms with Gasteiger partial charge in [0.1, 0.15) is 12.3 Å². The number of hydrogen-bond acceptors (Lipinski definition) is 11. The molecule has 0 radical (unpaired) electrons. The summed E-state index contributed by atoms with van der Waals surface area (Å²) in [4.78, 5) is 95.4. The molecule has 0 saturated heterocycles. The normalized spacial score (nSPS) is 11.8. The van der Waals surface area contributed by atoms with Crippen LogP contribution in [0.25, 0.3) is 0 Å². The Kier molecular flexibility index (Phi) is 12.8. The Balaban J connectivity index is 3.17. The Morgan fingerprint density at radius 3 is 1.42 bits per heavy atom. The number of nitrogens with zero attached hydrogens (tertiary/aromatic N) is 6. The summed E-state index contributed by atoms with van der Waals surface area (Å²) in [5.74, 6) is 0. The molecule has 0 aliphatic rings. The lowest BCUT2D eigenvalue weighted by Crippen LogP contribution is -2.51. The third kappa shape index (κ3) is 8.90. The molecule has 0 amide bonds. The number of unbranched alkanes of at least 4 members (excludes halogenated alkanes) is 4. The maximum absolute atomic E-state index is 13.0. The minimum absolute atomic E-state index is 0.0973. The largest absolute Gasteiger partial charge is 0.339 e. The topological polar surface area (TPSA) is 195 Å². The summed E-state index contributed by atoms with van der Waals surface area (Å²) in [6.07, 6.45) is 6.25. The van der Waals surface area contributed by atoms with Gasteiger partial charge in [0, 0.05) is 0 Å². The molecule has 0 fully saturated rings. The Bertz CT molecular complexity index is 1060. The molecular formula is C19H23N7O7. The fraction of sp³-hybridized carbons (Fsp3) is 0.632. The number of hydrogen-bond donors (Lipinski definition) is 1. The predicted octanol–water partition coefficient (Wildman–Crippen LogP) is 0.160. The molecule has 176 valence electrons. The maximum atomic E-state index is 13.0. The Morgan fingerprint density at radius 1 is 0.636 bits per heavy atom. The highest BCUT2D eigenvalue weighted by Gasteiger charge is 2.22. The van der Waals surface area contributed by atoms with Crippen LogP contribution in [0.4, 0.5) is 0 Å². The molecule has 0 spiro atoms. The fourth-order valence-corrected chi connectivity index (χ4v) is 3.13. The zero-order chi connectivity index (χ0) is 24.5. The van der Waals surface area contributed by atoms with E-state index < -0.39 is 29.4 Å². The van der Waals surface area contributed by atoms with E-state index in [1.54, 1.807) is 0 Å². The number of aliphatic imine (C=N–C) groups is 4. The van der Waals surface area contributed by atoms with Crippen LogP contribution in [-0.4, -0.2) is 51.5 Å². The molecule has 0 bridgehead atoms. The number of H-pyrrole nitrogens is 1. The second-order valence-corrected chi connectivity index (χ2v) is 6.80. The van der Waals surface area contributed by atoms with E-state index in [0.29, 0.717) is 47.7 Å². The van der Waals surface area contributed by atoms with Crippen LogP contribution in [0.3, 0.4) is 0 Å². The summed E-state index contributed by atoms with van der Waals surface area (Å²) in [6, 6.07) is 0. The number of rotatable bonds is 16. The molecule has 1 aromatic heterocycles. The Morgan fingerprint density at radius 2 is 1.06 bits per heavy atom. The third-order valence-electron chi connectivity index (χ3n) is 4.66. The van der Waals surface area contributed by atoms with E-state index in [-0.39, 0.29) is 25.9 Å². The Hall–Kier alpha value is -4.07. The minimum atomic E-state index is -1.23. The molecule has 2 unspecified atom stereocenters. The second-order valence-electron chi connectivity index (χ2n) is 6.80. The van der Waals surface area contributed by atoms with Crippen molar-refractivity contribution in [1.29, 1.82) is 0 Å². The van der Waals surface area contributed by atoms with Gasteiger partial charge in [-0.2, -0.15) is 9.98 Å². The molecule has 14 heteroatoms. The monoisotopic (exact) mass is 461 g/mol. The second kappa shape index (κ2) is 15.7. The van der Waals surface area contributed by atoms with Crippen molar-refractivity contribution in [2.24, 2.45) is 20.0 Å². The van der Waals surface area contributed by atoms with Crippen LogP contribution in [0.1, 0.15) is 63.7 Å². The first-order chi connectivity index (χ1) is 16.0. The first kappa shape index (κ1) is 27.0. The van der Waals surface area contributed by atoms with E-state index in [0.717, 1.165) is 0 Å². The van der Waals surface area contributed by atoms with Crippen molar-refractivity contribution >= 4 is 24.3 Å². The molecule has 0 aromatic carbocycles. The molecule has 33 heavy (non-hydrogen) atoms. The van der Waals surface area contributed by atoms with Crippen molar-refractivity contribution in [3.8, 4) is 0 Å². The summed E-state index contributed by atoms with van der Waals surface area (Å²) in [7, 11) is 0. The van der Waals surface area contributed by atoms with E-state index in [1.807, 2.05) is 4.98 Å². The van der Waals surface area contributed by atoms with E-state index in [9.17, 15) is 33.6 Å². The lowest BCUT2D eigenvalue weighted by Gasteiger charge is -2.17. The van der Waals surface area contributed by atoms with Crippen molar-refractivity contribution in [2.45, 2.75) is 63.7 Å². The van der Waals surface area contributed by atoms with Crippen molar-refractivity contribution in [2.75, 3.05) is 13.1 Å². The highest BCUT2D eigenvalue weighted by Crippen LogP contribution is 2.16. The highest BCUT2D eigenvalue weighted by atomic mass is 16.2. The highest BCUT2D eigenvalue weighted by molar-refractivity contribution is 5.34. The van der Waals surface area contributed by atoms with Gasteiger partial charge in [0.15, 0.2) is 0 Å². The van der Waals surface area contributed by atoms with Gasteiger partial charge in [-0.1, -0.05) is 12.8 Å². The van der Waals surface area contributed by atoms with Crippen LogP contribution in [0.15, 0.2) is 34.4 Å². The molecule has 1 aromatic rings. The number of isocyanates is 4. The first-order valence-electron chi connectivity index (χ1n) is 10.2. The predicted molar refractivity (Wildman–Crippen MR) is 113 cm³/mol. The zero-order valence-electron chi connectivity index (χ0n) is 17.8. The molecule has 2 atom stereocenters. The molecule has 0 aliphatic heterocycles. The van der Waals surface area contributed by atoms with Gasteiger partial charge in [-0.25, -0.2) is 52.7 Å². The van der Waals surface area contributed by atoms with Crippen LogP contribution in [0, 0.1) is 0 Å². The fourth-order valence-electron chi connectivity index (χ4n) is 3.13. The zero-order valence-corrected chi connectivity index (χ0v) is 17.8. The average molecular weight is 461 g/mol. The summed E-state index contributed by atoms with van der Waals surface area (Å²) < 4.78 is 1.20. The van der Waals surface area contributed by atoms with Gasteiger partial charge in [-0.3, -0.25) is 4.98 Å². The summed E-state index contributed by atoms with van der Waals surface area (Å²) in [5.41, 5.74) is -3.24. The summed E-state index contributed by atoms with van der Waals surface area (Å²) in [6.45, 7) is 0.535. The van der Waals surface area contributed by atoms with E-state index in [1.165, 1.54) is 24.3 Å². The standard InChI is InChI=1S/C19H23N7O7/c27-11-20-9-5-1-3-7-15(22-13-29)25-17(31)24-18(32)26(19(25)33)16(23-14-30)8-4-2-6-10-21-12-28/h15-16H,1-10H2,(H,24,31,32). The van der Waals surface area contributed by atoms with Crippen LogP contribution < -0.4 is 17.1 Å². The van der Waals surface area contributed by atoms with Crippen LogP contribution in [-0.2, 0) is 19.2 Å². The minimum Gasteiger partial charge on any atom is -0.259 e. The Labute approximate surface area is 186 Å². The number of carbonyl (C=O) groups excluding carboxylic acids is 4. The van der Waals surface area contributed by atoms with Crippen LogP contribution >= 0.6 is 0 Å². The molecule has 0 saturated carbocycles. The molecule has 1 rings (SSSR count). The van der Waals surface area contributed by atoms with Crippen LogP contribution in [0.2, 0.25) is 0 Å². The summed E-state index contributed by atoms with van der Waals surface area (Å²) in [5, 5.41) is 0. The molecule has 14 nitrogen and oxygen atoms in total. The lowest BCUT2D eigenvalue weighted by atomic mass is 10.1. The van der Waals surface area contributed by atoms with Gasteiger partial charge < -0.3 is 0 Å². The van der Waals surface area contributed by atoms with E-state index in [2.05, 4.69) is 20.0 Å². The third-order valence-corrected chi connectivity index (χ3v) is 4.66. The van der Waals surface area contributed by atoms with Gasteiger partial charge >= 0.3 is 17.1 Å². The van der Waals surface area contributed by atoms with Gasteiger partial charge in [0.2, 0.25) is 24.3 Å². The number of nitrogens with one attached hydrogen (secondary N) is 1. The van der Waals surface area contributed by atoms with Crippen molar-refractivity contribution < 1.29 is 19.2 Å². The average Bonchev–Trinajstić information content (AvgIpc) is 2.78. The molecule has 0 aliphatic carbocycles. The van der Waals surface area contributed by atoms with Gasteiger partial charge in [-0.15, -0.1) is 0 Å². The first-order valence-corrected chi connectivity index (χ1v) is 10.2. The van der Waals surface area contributed by atoms with E-state index in [4.69, 9.17) is 0 Å². The van der Waals surface area contributed by atoms with Gasteiger partial charge in [0.25, 0.3) is 0 Å². The summed E-state index contributed by atoms with van der Waals surface area (Å²) >= 11 is 0. The molecule has 1 heterocycles. The van der Waals surface area contributed by atoms with E-state index >= 15 is 0 Å². The lowest BCUT2D eigenvalue weighted by molar-refractivity contribution is 0.358.